The van der Waals surface area contributed by atoms with Crippen molar-refractivity contribution in [3.05, 3.63) is 53.3 Å². The molecule has 1 aliphatic rings. The molecular weight excluding hydrogens is 513 g/mol. The molecule has 1 aromatic carbocycles. The lowest BCUT2D eigenvalue weighted by atomic mass is 10.1. The maximum absolute atomic E-state index is 6.07. The van der Waals surface area contributed by atoms with E-state index in [1.165, 1.54) is 0 Å². The number of nitrogens with one attached hydrogen (secondary N) is 2. The van der Waals surface area contributed by atoms with Crippen molar-refractivity contribution >= 4 is 41.5 Å². The summed E-state index contributed by atoms with van der Waals surface area (Å²) < 4.78 is 1.94. The van der Waals surface area contributed by atoms with Crippen molar-refractivity contribution in [3.63, 3.8) is 0 Å². The van der Waals surface area contributed by atoms with Crippen molar-refractivity contribution in [2.24, 2.45) is 4.99 Å². The molecule has 9 heteroatoms. The zero-order chi connectivity index (χ0) is 20.6. The number of rotatable bonds is 7. The summed E-state index contributed by atoms with van der Waals surface area (Å²) in [5.74, 6) is 0.834. The Morgan fingerprint density at radius 3 is 2.67 bits per heavy atom. The van der Waals surface area contributed by atoms with Crippen LogP contribution < -0.4 is 10.6 Å². The first-order chi connectivity index (χ1) is 14.1. The van der Waals surface area contributed by atoms with Gasteiger partial charge in [-0.1, -0.05) is 23.7 Å². The molecule has 1 fully saturated rings. The smallest absolute Gasteiger partial charge is 0.191 e. The minimum Gasteiger partial charge on any atom is -0.357 e. The highest BCUT2D eigenvalue weighted by atomic mass is 127. The lowest BCUT2D eigenvalue weighted by molar-refractivity contribution is 0.116. The average Bonchev–Trinajstić information content (AvgIpc) is 3.24. The van der Waals surface area contributed by atoms with Crippen LogP contribution in [-0.4, -0.2) is 84.9 Å². The van der Waals surface area contributed by atoms with E-state index in [1.54, 1.807) is 6.20 Å². The molecule has 1 saturated heterocycles. The van der Waals surface area contributed by atoms with Gasteiger partial charge in [-0.3, -0.25) is 14.6 Å². The average molecular weight is 546 g/mol. The second-order valence-corrected chi connectivity index (χ2v) is 7.99. The summed E-state index contributed by atoms with van der Waals surface area (Å²) in [6.07, 6.45) is 3.77. The Morgan fingerprint density at radius 1 is 1.23 bits per heavy atom. The van der Waals surface area contributed by atoms with Crippen LogP contribution in [0.4, 0.5) is 0 Å². The zero-order valence-corrected chi connectivity index (χ0v) is 21.0. The fraction of sp³-hybridized carbons (Fsp3) is 0.524. The van der Waals surface area contributed by atoms with E-state index in [-0.39, 0.29) is 30.0 Å². The second-order valence-electron chi connectivity index (χ2n) is 7.55. The molecule has 0 amide bonds. The molecular formula is C21H33ClIN7. The molecule has 30 heavy (non-hydrogen) atoms. The van der Waals surface area contributed by atoms with Gasteiger partial charge in [0.1, 0.15) is 0 Å². The van der Waals surface area contributed by atoms with Gasteiger partial charge in [0.05, 0.1) is 12.6 Å². The van der Waals surface area contributed by atoms with Crippen LogP contribution in [0, 0.1) is 0 Å². The molecule has 2 atom stereocenters. The molecule has 0 saturated carbocycles. The molecule has 3 rings (SSSR count). The van der Waals surface area contributed by atoms with Gasteiger partial charge in [-0.25, -0.2) is 0 Å². The highest BCUT2D eigenvalue weighted by Crippen LogP contribution is 2.20. The standard InChI is InChI=1S/C21H32ClN7.HI/c1-4-23-21(24-14-19-16-27(2)12-13-28(19)3)25-15-20(29-11-5-10-26-29)17-6-8-18(22)9-7-17;/h5-11,19-20H,4,12-16H2,1-3H3,(H2,23,24,25);1H. The van der Waals surface area contributed by atoms with Crippen molar-refractivity contribution in [3.8, 4) is 0 Å². The summed E-state index contributed by atoms with van der Waals surface area (Å²) in [4.78, 5) is 9.66. The van der Waals surface area contributed by atoms with Gasteiger partial charge in [-0.05, 0) is 44.8 Å². The molecule has 166 valence electrons. The highest BCUT2D eigenvalue weighted by Gasteiger charge is 2.22. The predicted octanol–water partition coefficient (Wildman–Crippen LogP) is 2.54. The van der Waals surface area contributed by atoms with Crippen LogP contribution in [0.5, 0.6) is 0 Å². The van der Waals surface area contributed by atoms with Gasteiger partial charge >= 0.3 is 0 Å². The molecule has 0 spiro atoms. The van der Waals surface area contributed by atoms with Crippen LogP contribution in [0.3, 0.4) is 0 Å². The minimum atomic E-state index is 0. The largest absolute Gasteiger partial charge is 0.357 e. The van der Waals surface area contributed by atoms with Crippen molar-refractivity contribution in [1.29, 1.82) is 0 Å². The summed E-state index contributed by atoms with van der Waals surface area (Å²) in [7, 11) is 4.37. The Labute approximate surface area is 201 Å². The van der Waals surface area contributed by atoms with Crippen LogP contribution in [0.1, 0.15) is 18.5 Å². The Kier molecular flexibility index (Phi) is 10.4. The number of likely N-dealkylation sites (N-methyl/N-ethyl adjacent to an activating group) is 2. The number of hydrogen-bond donors (Lipinski definition) is 2. The van der Waals surface area contributed by atoms with Gasteiger partial charge in [0.25, 0.3) is 0 Å². The second kappa shape index (κ2) is 12.5. The Hall–Kier alpha value is -1.36. The fourth-order valence-electron chi connectivity index (χ4n) is 3.55. The number of nitrogens with zero attached hydrogens (tertiary/aromatic N) is 5. The van der Waals surface area contributed by atoms with E-state index >= 15 is 0 Å². The maximum atomic E-state index is 6.07. The van der Waals surface area contributed by atoms with E-state index in [4.69, 9.17) is 16.6 Å². The minimum absolute atomic E-state index is 0. The first kappa shape index (κ1) is 24.9. The Morgan fingerprint density at radius 2 is 2.00 bits per heavy atom. The van der Waals surface area contributed by atoms with Gasteiger partial charge in [0.2, 0.25) is 0 Å². The molecule has 7 nitrogen and oxygen atoms in total. The maximum Gasteiger partial charge on any atom is 0.191 e. The van der Waals surface area contributed by atoms with Gasteiger partial charge in [0.15, 0.2) is 5.96 Å². The monoisotopic (exact) mass is 545 g/mol. The van der Waals surface area contributed by atoms with Crippen LogP contribution >= 0.6 is 35.6 Å². The highest BCUT2D eigenvalue weighted by molar-refractivity contribution is 14.0. The van der Waals surface area contributed by atoms with Crippen molar-refractivity contribution in [2.45, 2.75) is 19.0 Å². The summed E-state index contributed by atoms with van der Waals surface area (Å²) in [5.41, 5.74) is 1.13. The lowest BCUT2D eigenvalue weighted by Crippen LogP contribution is -2.55. The van der Waals surface area contributed by atoms with E-state index in [1.807, 2.05) is 41.2 Å². The van der Waals surface area contributed by atoms with Crippen LogP contribution in [-0.2, 0) is 0 Å². The quantitative estimate of drug-likeness (QED) is 0.318. The molecule has 2 N–H and O–H groups in total. The van der Waals surface area contributed by atoms with E-state index < -0.39 is 0 Å². The summed E-state index contributed by atoms with van der Waals surface area (Å²) in [6.45, 7) is 7.62. The number of benzene rings is 1. The first-order valence-corrected chi connectivity index (χ1v) is 10.6. The SMILES string of the molecule is CCNC(=NCC(c1ccc(Cl)cc1)n1cccn1)NCC1CN(C)CCN1C.I. The van der Waals surface area contributed by atoms with Gasteiger partial charge in [0, 0.05) is 56.2 Å². The van der Waals surface area contributed by atoms with Gasteiger partial charge in [-0.15, -0.1) is 24.0 Å². The van der Waals surface area contributed by atoms with E-state index in [9.17, 15) is 0 Å². The van der Waals surface area contributed by atoms with Crippen molar-refractivity contribution < 1.29 is 0 Å². The topological polar surface area (TPSA) is 60.7 Å². The molecule has 0 aliphatic carbocycles. The molecule has 2 aromatic rings. The lowest BCUT2D eigenvalue weighted by Gasteiger charge is -2.38. The third-order valence-corrected chi connectivity index (χ3v) is 5.60. The fourth-order valence-corrected chi connectivity index (χ4v) is 3.67. The summed E-state index contributed by atoms with van der Waals surface area (Å²) >= 11 is 6.07. The number of piperazine rings is 1. The molecule has 1 aromatic heterocycles. The molecule has 0 radical (unpaired) electrons. The van der Waals surface area contributed by atoms with Crippen molar-refractivity contribution in [2.75, 3.05) is 53.4 Å². The number of aliphatic imine (C=N–C) groups is 1. The predicted molar refractivity (Wildman–Crippen MR) is 135 cm³/mol. The summed E-state index contributed by atoms with van der Waals surface area (Å²) in [6, 6.07) is 10.3. The first-order valence-electron chi connectivity index (χ1n) is 10.2. The van der Waals surface area contributed by atoms with E-state index in [0.29, 0.717) is 12.6 Å². The van der Waals surface area contributed by atoms with Crippen LogP contribution in [0.2, 0.25) is 5.02 Å². The van der Waals surface area contributed by atoms with E-state index in [0.717, 1.165) is 49.3 Å². The third-order valence-electron chi connectivity index (χ3n) is 5.35. The molecule has 0 bridgehead atoms. The van der Waals surface area contributed by atoms with Crippen LogP contribution in [0.25, 0.3) is 0 Å². The Balaban J connectivity index is 0.00000320. The van der Waals surface area contributed by atoms with E-state index in [2.05, 4.69) is 46.6 Å². The summed E-state index contributed by atoms with van der Waals surface area (Å²) in [5, 5.41) is 12.1. The van der Waals surface area contributed by atoms with Gasteiger partial charge < -0.3 is 15.5 Å². The Bertz CT molecular complexity index is 766. The zero-order valence-electron chi connectivity index (χ0n) is 18.0. The van der Waals surface area contributed by atoms with Gasteiger partial charge in [-0.2, -0.15) is 5.10 Å². The molecule has 2 heterocycles. The molecule has 1 aliphatic heterocycles. The number of hydrogen-bond acceptors (Lipinski definition) is 4. The normalized spacial score (nSPS) is 19.2. The third kappa shape index (κ3) is 7.11. The molecule has 2 unspecified atom stereocenters. The number of guanidine groups is 1. The van der Waals surface area contributed by atoms with Crippen molar-refractivity contribution in [1.82, 2.24) is 30.2 Å². The van der Waals surface area contributed by atoms with Crippen LogP contribution in [0.15, 0.2) is 47.7 Å². The number of halogens is 2. The number of aromatic nitrogens is 2.